The fraction of sp³-hybridized carbons (Fsp3) is 0.471. The molecule has 1 aromatic heterocycles. The average molecular weight is 333 g/mol. The van der Waals surface area contributed by atoms with Gasteiger partial charge in [-0.3, -0.25) is 4.79 Å². The van der Waals surface area contributed by atoms with Crippen molar-refractivity contribution in [2.75, 3.05) is 11.9 Å². The van der Waals surface area contributed by atoms with Crippen LogP contribution in [0.5, 0.6) is 0 Å². The smallest absolute Gasteiger partial charge is 0.303 e. The summed E-state index contributed by atoms with van der Waals surface area (Å²) in [6, 6.07) is 4.14. The lowest BCUT2D eigenvalue weighted by molar-refractivity contribution is -0.136. The first-order valence-electron chi connectivity index (χ1n) is 7.91. The second kappa shape index (κ2) is 8.06. The number of anilines is 1. The summed E-state index contributed by atoms with van der Waals surface area (Å²) in [6.07, 6.45) is 2.98. The van der Waals surface area contributed by atoms with Crippen molar-refractivity contribution >= 4 is 22.4 Å². The lowest BCUT2D eigenvalue weighted by Gasteiger charge is -2.10. The highest BCUT2D eigenvalue weighted by Gasteiger charge is 2.11. The Bertz CT molecular complexity index is 659. The molecule has 0 saturated heterocycles. The highest BCUT2D eigenvalue weighted by Crippen LogP contribution is 2.30. The minimum absolute atomic E-state index is 0.158. The lowest BCUT2D eigenvalue weighted by atomic mass is 9.96. The number of hydrogen-bond acceptors (Lipinski definition) is 5. The number of aryl methyl sites for hydroxylation is 2. The van der Waals surface area contributed by atoms with Crippen molar-refractivity contribution < 1.29 is 9.90 Å². The number of benzene rings is 1. The Morgan fingerprint density at radius 1 is 1.26 bits per heavy atom. The zero-order chi connectivity index (χ0) is 16.8. The number of carboxylic acid groups (broad SMARTS) is 1. The van der Waals surface area contributed by atoms with E-state index in [1.54, 1.807) is 11.3 Å². The Hall–Kier alpha value is -1.95. The van der Waals surface area contributed by atoms with Gasteiger partial charge in [-0.15, -0.1) is 10.2 Å². The van der Waals surface area contributed by atoms with Crippen molar-refractivity contribution in [2.45, 2.75) is 46.5 Å². The molecule has 2 N–H and O–H groups in total. The molecule has 0 atom stereocenters. The number of hydrogen-bond donors (Lipinski definition) is 2. The molecule has 2 aromatic rings. The monoisotopic (exact) mass is 333 g/mol. The number of carboxylic acids is 1. The Kier molecular flexibility index (Phi) is 6.10. The van der Waals surface area contributed by atoms with Crippen LogP contribution in [0.3, 0.4) is 0 Å². The van der Waals surface area contributed by atoms with Crippen molar-refractivity contribution in [1.29, 1.82) is 0 Å². The zero-order valence-corrected chi connectivity index (χ0v) is 14.7. The van der Waals surface area contributed by atoms with Gasteiger partial charge in [-0.2, -0.15) is 0 Å². The van der Waals surface area contributed by atoms with E-state index in [1.807, 2.05) is 13.8 Å². The van der Waals surface area contributed by atoms with Crippen molar-refractivity contribution in [3.63, 3.8) is 0 Å². The van der Waals surface area contributed by atoms with Crippen LogP contribution in [-0.2, 0) is 11.2 Å². The average Bonchev–Trinajstić information content (AvgIpc) is 2.95. The molecule has 23 heavy (non-hydrogen) atoms. The highest BCUT2D eigenvalue weighted by atomic mass is 32.1. The topological polar surface area (TPSA) is 75.1 Å². The van der Waals surface area contributed by atoms with Crippen LogP contribution in [0.2, 0.25) is 0 Å². The van der Waals surface area contributed by atoms with Gasteiger partial charge in [-0.1, -0.05) is 24.7 Å². The molecule has 1 heterocycles. The van der Waals surface area contributed by atoms with Crippen LogP contribution in [0.1, 0.15) is 42.9 Å². The minimum Gasteiger partial charge on any atom is -0.481 e. The zero-order valence-electron chi connectivity index (χ0n) is 13.8. The van der Waals surface area contributed by atoms with Gasteiger partial charge in [0.05, 0.1) is 0 Å². The molecular weight excluding hydrogens is 310 g/mol. The summed E-state index contributed by atoms with van der Waals surface area (Å²) in [7, 11) is 0. The number of nitrogens with zero attached hydrogens (tertiary/aromatic N) is 2. The fourth-order valence-corrected chi connectivity index (χ4v) is 3.28. The standard InChI is InChI=1S/C17H23N3O2S/c1-4-5-8-18-17-20-19-16(23-17)13-9-11(2)14(12(3)10-13)6-7-15(21)22/h9-10H,4-8H2,1-3H3,(H,18,20)(H,21,22). The Morgan fingerprint density at radius 2 is 1.96 bits per heavy atom. The van der Waals surface area contributed by atoms with Crippen molar-refractivity contribution in [3.05, 3.63) is 28.8 Å². The molecule has 124 valence electrons. The lowest BCUT2D eigenvalue weighted by Crippen LogP contribution is -2.01. The van der Waals surface area contributed by atoms with Crippen LogP contribution in [-0.4, -0.2) is 27.8 Å². The first kappa shape index (κ1) is 17.4. The maximum Gasteiger partial charge on any atom is 0.303 e. The van der Waals surface area contributed by atoms with Crippen LogP contribution in [0, 0.1) is 13.8 Å². The van der Waals surface area contributed by atoms with Crippen LogP contribution in [0.4, 0.5) is 5.13 Å². The molecule has 0 aliphatic heterocycles. The molecule has 0 aliphatic rings. The summed E-state index contributed by atoms with van der Waals surface area (Å²) in [4.78, 5) is 10.8. The summed E-state index contributed by atoms with van der Waals surface area (Å²) in [5.74, 6) is -0.764. The Balaban J connectivity index is 2.16. The second-order valence-electron chi connectivity index (χ2n) is 5.68. The second-order valence-corrected chi connectivity index (χ2v) is 6.65. The van der Waals surface area contributed by atoms with Crippen LogP contribution >= 0.6 is 11.3 Å². The summed E-state index contributed by atoms with van der Waals surface area (Å²) in [6.45, 7) is 7.12. The third-order valence-electron chi connectivity index (χ3n) is 3.76. The third-order valence-corrected chi connectivity index (χ3v) is 4.69. The number of carbonyl (C=O) groups is 1. The van der Waals surface area contributed by atoms with Crippen LogP contribution < -0.4 is 5.32 Å². The maximum atomic E-state index is 10.8. The molecule has 1 aromatic carbocycles. The molecular formula is C17H23N3O2S. The van der Waals surface area contributed by atoms with E-state index < -0.39 is 5.97 Å². The van der Waals surface area contributed by atoms with Crippen LogP contribution in [0.25, 0.3) is 10.6 Å². The van der Waals surface area contributed by atoms with Gasteiger partial charge in [-0.25, -0.2) is 0 Å². The van der Waals surface area contributed by atoms with E-state index in [0.717, 1.165) is 51.8 Å². The van der Waals surface area contributed by atoms with Gasteiger partial charge in [0.15, 0.2) is 0 Å². The molecule has 0 amide bonds. The number of rotatable bonds is 8. The van der Waals surface area contributed by atoms with Crippen molar-refractivity contribution in [2.24, 2.45) is 0 Å². The summed E-state index contributed by atoms with van der Waals surface area (Å²) >= 11 is 1.55. The molecule has 0 spiro atoms. The van der Waals surface area contributed by atoms with E-state index in [-0.39, 0.29) is 6.42 Å². The molecule has 0 saturated carbocycles. The quantitative estimate of drug-likeness (QED) is 0.713. The van der Waals surface area contributed by atoms with E-state index in [2.05, 4.69) is 34.6 Å². The highest BCUT2D eigenvalue weighted by molar-refractivity contribution is 7.18. The number of aromatic nitrogens is 2. The van der Waals surface area contributed by atoms with E-state index in [4.69, 9.17) is 5.11 Å². The Labute approximate surface area is 140 Å². The predicted octanol–water partition coefficient (Wildman–Crippen LogP) is 4.05. The number of aliphatic carboxylic acids is 1. The molecule has 0 unspecified atom stereocenters. The SMILES string of the molecule is CCCCNc1nnc(-c2cc(C)c(CCC(=O)O)c(C)c2)s1. The van der Waals surface area contributed by atoms with Gasteiger partial charge in [0.2, 0.25) is 5.13 Å². The summed E-state index contributed by atoms with van der Waals surface area (Å²) < 4.78 is 0. The van der Waals surface area contributed by atoms with Gasteiger partial charge in [0, 0.05) is 18.5 Å². The first-order chi connectivity index (χ1) is 11.0. The third kappa shape index (κ3) is 4.76. The predicted molar refractivity (Wildman–Crippen MR) is 94.2 cm³/mol. The maximum absolute atomic E-state index is 10.8. The van der Waals surface area contributed by atoms with E-state index >= 15 is 0 Å². The van der Waals surface area contributed by atoms with E-state index in [9.17, 15) is 4.79 Å². The fourth-order valence-electron chi connectivity index (χ4n) is 2.53. The van der Waals surface area contributed by atoms with Gasteiger partial charge >= 0.3 is 5.97 Å². The normalized spacial score (nSPS) is 10.7. The van der Waals surface area contributed by atoms with Gasteiger partial charge in [0.1, 0.15) is 5.01 Å². The van der Waals surface area contributed by atoms with Gasteiger partial charge < -0.3 is 10.4 Å². The number of nitrogens with one attached hydrogen (secondary N) is 1. The minimum atomic E-state index is -0.764. The van der Waals surface area contributed by atoms with Gasteiger partial charge in [-0.05, 0) is 55.5 Å². The molecule has 5 nitrogen and oxygen atoms in total. The van der Waals surface area contributed by atoms with E-state index in [1.165, 1.54) is 0 Å². The summed E-state index contributed by atoms with van der Waals surface area (Å²) in [5.41, 5.74) is 4.37. The van der Waals surface area contributed by atoms with Gasteiger partial charge in [0.25, 0.3) is 0 Å². The van der Waals surface area contributed by atoms with Crippen LogP contribution in [0.15, 0.2) is 12.1 Å². The number of unbranched alkanes of at least 4 members (excludes halogenated alkanes) is 1. The van der Waals surface area contributed by atoms with Crippen molar-refractivity contribution in [1.82, 2.24) is 10.2 Å². The molecule has 0 radical (unpaired) electrons. The summed E-state index contributed by atoms with van der Waals surface area (Å²) in [5, 5.41) is 22.3. The first-order valence-corrected chi connectivity index (χ1v) is 8.72. The van der Waals surface area contributed by atoms with Crippen molar-refractivity contribution in [3.8, 4) is 10.6 Å². The molecule has 2 rings (SSSR count). The molecule has 0 bridgehead atoms. The van der Waals surface area contributed by atoms with E-state index in [0.29, 0.717) is 6.42 Å². The molecule has 6 heteroatoms. The Morgan fingerprint density at radius 3 is 2.57 bits per heavy atom. The molecule has 0 aliphatic carbocycles. The molecule has 0 fully saturated rings. The largest absolute Gasteiger partial charge is 0.481 e.